The molecule has 4 rings (SSSR count). The highest BCUT2D eigenvalue weighted by atomic mass is 19.1. The number of likely N-dealkylation sites (tertiary alicyclic amines) is 1. The zero-order valence-corrected chi connectivity index (χ0v) is 16.8. The van der Waals surface area contributed by atoms with Gasteiger partial charge < -0.3 is 5.32 Å². The highest BCUT2D eigenvalue weighted by Crippen LogP contribution is 2.25. The summed E-state index contributed by atoms with van der Waals surface area (Å²) in [5.41, 5.74) is 2.11. The molecule has 1 fully saturated rings. The summed E-state index contributed by atoms with van der Waals surface area (Å²) in [6, 6.07) is 8.03. The van der Waals surface area contributed by atoms with Gasteiger partial charge in [-0.3, -0.25) is 14.4 Å². The summed E-state index contributed by atoms with van der Waals surface area (Å²) in [5, 5.41) is 9.14. The molecule has 0 aliphatic carbocycles. The van der Waals surface area contributed by atoms with Crippen molar-refractivity contribution in [3.8, 4) is 11.1 Å². The van der Waals surface area contributed by atoms with Crippen LogP contribution in [0.3, 0.4) is 0 Å². The average molecular weight is 395 g/mol. The van der Waals surface area contributed by atoms with Gasteiger partial charge in [-0.25, -0.2) is 9.37 Å². The molecule has 2 aromatic heterocycles. The van der Waals surface area contributed by atoms with Crippen molar-refractivity contribution < 1.29 is 9.18 Å². The topological polar surface area (TPSA) is 63.1 Å². The second-order valence-corrected chi connectivity index (χ2v) is 7.87. The molecule has 0 radical (unpaired) electrons. The van der Waals surface area contributed by atoms with Crippen LogP contribution in [0.5, 0.6) is 0 Å². The fraction of sp³-hybridized carbons (Fsp3) is 0.409. The summed E-state index contributed by atoms with van der Waals surface area (Å²) in [6.07, 6.45) is 6.40. The van der Waals surface area contributed by atoms with E-state index in [-0.39, 0.29) is 11.8 Å². The van der Waals surface area contributed by atoms with Crippen LogP contribution in [0.15, 0.2) is 42.9 Å². The second-order valence-electron chi connectivity index (χ2n) is 7.87. The molecule has 1 aliphatic rings. The highest BCUT2D eigenvalue weighted by molar-refractivity contribution is 5.94. The molecule has 29 heavy (non-hydrogen) atoms. The van der Waals surface area contributed by atoms with E-state index < -0.39 is 6.17 Å². The number of piperidine rings is 1. The van der Waals surface area contributed by atoms with E-state index >= 15 is 0 Å². The lowest BCUT2D eigenvalue weighted by Gasteiger charge is -2.31. The van der Waals surface area contributed by atoms with Crippen LogP contribution in [0.4, 0.5) is 10.2 Å². The van der Waals surface area contributed by atoms with Crippen molar-refractivity contribution in [2.45, 2.75) is 25.9 Å². The molecular formula is C22H26FN5O. The van der Waals surface area contributed by atoms with Crippen molar-refractivity contribution in [1.29, 1.82) is 0 Å². The van der Waals surface area contributed by atoms with Gasteiger partial charge >= 0.3 is 0 Å². The van der Waals surface area contributed by atoms with Crippen LogP contribution in [0.25, 0.3) is 21.9 Å². The number of nitrogens with zero attached hydrogens (tertiary/aromatic N) is 4. The Balaban J connectivity index is 1.42. The number of anilines is 1. The van der Waals surface area contributed by atoms with Gasteiger partial charge in [0.1, 0.15) is 12.0 Å². The number of rotatable bonds is 5. The van der Waals surface area contributed by atoms with Gasteiger partial charge in [-0.1, -0.05) is 12.1 Å². The van der Waals surface area contributed by atoms with E-state index in [4.69, 9.17) is 0 Å². The maximum Gasteiger partial charge on any atom is 0.239 e. The summed E-state index contributed by atoms with van der Waals surface area (Å²) < 4.78 is 15.2. The summed E-state index contributed by atoms with van der Waals surface area (Å²) in [4.78, 5) is 18.9. The van der Waals surface area contributed by atoms with Crippen LogP contribution in [-0.2, 0) is 11.8 Å². The number of amides is 1. The van der Waals surface area contributed by atoms with Gasteiger partial charge in [0, 0.05) is 30.4 Å². The number of aromatic nitrogens is 3. The predicted octanol–water partition coefficient (Wildman–Crippen LogP) is 3.64. The van der Waals surface area contributed by atoms with Crippen LogP contribution in [0.2, 0.25) is 0 Å². The van der Waals surface area contributed by atoms with Crippen molar-refractivity contribution in [2.75, 3.05) is 25.0 Å². The Kier molecular flexibility index (Phi) is 5.58. The normalized spacial score (nSPS) is 16.8. The van der Waals surface area contributed by atoms with Gasteiger partial charge in [0.15, 0.2) is 0 Å². The van der Waals surface area contributed by atoms with Crippen LogP contribution in [-0.4, -0.2) is 51.4 Å². The molecule has 152 valence electrons. The number of hydrogen-bond acceptors (Lipinski definition) is 4. The fourth-order valence-electron chi connectivity index (χ4n) is 3.92. The Morgan fingerprint density at radius 3 is 2.69 bits per heavy atom. The molecule has 1 aliphatic heterocycles. The van der Waals surface area contributed by atoms with Crippen molar-refractivity contribution >= 4 is 22.5 Å². The Labute approximate surface area is 169 Å². The number of fused-ring (bicyclic) bond motifs is 1. The molecule has 1 atom stereocenters. The van der Waals surface area contributed by atoms with Crippen molar-refractivity contribution in [3.63, 3.8) is 0 Å². The van der Waals surface area contributed by atoms with Crippen molar-refractivity contribution in [2.24, 2.45) is 13.0 Å². The molecule has 0 spiro atoms. The third kappa shape index (κ3) is 4.62. The second kappa shape index (κ2) is 8.29. The Morgan fingerprint density at radius 2 is 2.00 bits per heavy atom. The van der Waals surface area contributed by atoms with E-state index in [0.29, 0.717) is 12.4 Å². The van der Waals surface area contributed by atoms with Gasteiger partial charge in [0.2, 0.25) is 5.91 Å². The first-order valence-electron chi connectivity index (χ1n) is 10.0. The molecular weight excluding hydrogens is 369 g/mol. The molecule has 1 amide bonds. The molecule has 6 nitrogen and oxygen atoms in total. The van der Waals surface area contributed by atoms with Gasteiger partial charge in [-0.05, 0) is 61.9 Å². The lowest BCUT2D eigenvalue weighted by atomic mass is 9.93. The summed E-state index contributed by atoms with van der Waals surface area (Å²) >= 11 is 0. The number of aryl methyl sites for hydroxylation is 1. The van der Waals surface area contributed by atoms with E-state index in [1.54, 1.807) is 17.8 Å². The maximum atomic E-state index is 13.4. The summed E-state index contributed by atoms with van der Waals surface area (Å²) in [6.45, 7) is 3.44. The number of pyridine rings is 1. The minimum absolute atomic E-state index is 0.0907. The lowest BCUT2D eigenvalue weighted by Crippen LogP contribution is -2.40. The standard InChI is InChI=1S/C22H26FN5O/c1-15(23)16-5-7-28(8-6-16)14-22(29)26-21-10-19-9-17(3-4-18(19)11-24-21)20-12-25-27(2)13-20/h3-4,9-13,15-16H,5-8,14H2,1-2H3,(H,24,26,29). The highest BCUT2D eigenvalue weighted by Gasteiger charge is 2.24. The fourth-order valence-corrected chi connectivity index (χ4v) is 3.92. The molecule has 7 heteroatoms. The monoisotopic (exact) mass is 395 g/mol. The smallest absolute Gasteiger partial charge is 0.239 e. The number of carbonyl (C=O) groups is 1. The number of nitrogens with one attached hydrogen (secondary N) is 1. The van der Waals surface area contributed by atoms with Crippen molar-refractivity contribution in [1.82, 2.24) is 19.7 Å². The SMILES string of the molecule is CC(F)C1CCN(CC(=O)Nc2cc3cc(-c4cnn(C)c4)ccc3cn2)CC1. The minimum Gasteiger partial charge on any atom is -0.310 e. The molecule has 0 bridgehead atoms. The number of carbonyl (C=O) groups excluding carboxylic acids is 1. The molecule has 3 heterocycles. The van der Waals surface area contributed by atoms with Crippen LogP contribution >= 0.6 is 0 Å². The van der Waals surface area contributed by atoms with Crippen LogP contribution < -0.4 is 5.32 Å². The van der Waals surface area contributed by atoms with E-state index in [9.17, 15) is 9.18 Å². The molecule has 1 aromatic carbocycles. The summed E-state index contributed by atoms with van der Waals surface area (Å²) in [5.74, 6) is 0.565. The first kappa shape index (κ1) is 19.5. The zero-order valence-electron chi connectivity index (χ0n) is 16.8. The lowest BCUT2D eigenvalue weighted by molar-refractivity contribution is -0.117. The summed E-state index contributed by atoms with van der Waals surface area (Å²) in [7, 11) is 1.89. The predicted molar refractivity (Wildman–Crippen MR) is 112 cm³/mol. The van der Waals surface area contributed by atoms with E-state index in [1.807, 2.05) is 37.6 Å². The van der Waals surface area contributed by atoms with E-state index in [0.717, 1.165) is 47.8 Å². The van der Waals surface area contributed by atoms with Gasteiger partial charge in [0.25, 0.3) is 0 Å². The number of alkyl halides is 1. The van der Waals surface area contributed by atoms with Gasteiger partial charge in [-0.2, -0.15) is 5.10 Å². The largest absolute Gasteiger partial charge is 0.310 e. The quantitative estimate of drug-likeness (QED) is 0.716. The average Bonchev–Trinajstić information content (AvgIpc) is 3.14. The van der Waals surface area contributed by atoms with Gasteiger partial charge in [0.05, 0.1) is 12.7 Å². The van der Waals surface area contributed by atoms with Gasteiger partial charge in [-0.15, -0.1) is 0 Å². The van der Waals surface area contributed by atoms with E-state index in [1.165, 1.54) is 0 Å². The third-order valence-electron chi connectivity index (χ3n) is 5.68. The first-order valence-corrected chi connectivity index (χ1v) is 10.0. The molecule has 1 unspecified atom stereocenters. The first-order chi connectivity index (χ1) is 14.0. The van der Waals surface area contributed by atoms with Crippen molar-refractivity contribution in [3.05, 3.63) is 42.9 Å². The number of benzene rings is 1. The van der Waals surface area contributed by atoms with E-state index in [2.05, 4.69) is 26.4 Å². The number of hydrogen-bond donors (Lipinski definition) is 1. The molecule has 3 aromatic rings. The maximum absolute atomic E-state index is 13.4. The Hall–Kier alpha value is -2.80. The number of halogens is 1. The minimum atomic E-state index is -0.774. The molecule has 1 N–H and O–H groups in total. The Morgan fingerprint density at radius 1 is 1.21 bits per heavy atom. The Bertz CT molecular complexity index is 1010. The molecule has 1 saturated heterocycles. The zero-order chi connectivity index (χ0) is 20.4. The molecule has 0 saturated carbocycles. The third-order valence-corrected chi connectivity index (χ3v) is 5.68. The van der Waals surface area contributed by atoms with Crippen LogP contribution in [0.1, 0.15) is 19.8 Å². The van der Waals surface area contributed by atoms with Crippen LogP contribution in [0, 0.1) is 5.92 Å².